The third kappa shape index (κ3) is 3.08. The molecule has 5 heteroatoms. The molecule has 0 aliphatic carbocycles. The molecule has 0 aromatic heterocycles. The lowest BCUT2D eigenvalue weighted by Crippen LogP contribution is -2.05. The number of aliphatic hydroxyl groups is 1. The van der Waals surface area contributed by atoms with Crippen molar-refractivity contribution in [1.29, 1.82) is 0 Å². The Morgan fingerprint density at radius 2 is 2.14 bits per heavy atom. The second-order valence-electron chi connectivity index (χ2n) is 2.82. The summed E-state index contributed by atoms with van der Waals surface area (Å²) < 4.78 is 13.3. The maximum absolute atomic E-state index is 12.8. The first-order valence-corrected chi connectivity index (χ1v) is 4.64. The van der Waals surface area contributed by atoms with Gasteiger partial charge in [0, 0.05) is 4.47 Å². The number of carboxylic acids is 1. The lowest BCUT2D eigenvalue weighted by molar-refractivity contribution is -0.139. The Bertz CT molecular complexity index is 334. The van der Waals surface area contributed by atoms with Gasteiger partial charge in [0.1, 0.15) is 5.82 Å². The van der Waals surface area contributed by atoms with Crippen LogP contribution in [0, 0.1) is 5.82 Å². The van der Waals surface area contributed by atoms with Crippen molar-refractivity contribution in [1.82, 2.24) is 0 Å². The first kappa shape index (κ1) is 11.1. The van der Waals surface area contributed by atoms with E-state index in [1.807, 2.05) is 0 Å². The van der Waals surface area contributed by atoms with Crippen molar-refractivity contribution in [3.8, 4) is 0 Å². The van der Waals surface area contributed by atoms with E-state index < -0.39 is 24.3 Å². The smallest absolute Gasteiger partial charge is 0.306 e. The van der Waals surface area contributed by atoms with Crippen molar-refractivity contribution in [3.63, 3.8) is 0 Å². The van der Waals surface area contributed by atoms with Crippen molar-refractivity contribution in [2.24, 2.45) is 0 Å². The Hall–Kier alpha value is -0.940. The zero-order chi connectivity index (χ0) is 10.7. The SMILES string of the molecule is O=C(O)CC(O)c1cc(F)cc(Br)c1. The van der Waals surface area contributed by atoms with E-state index in [1.54, 1.807) is 0 Å². The van der Waals surface area contributed by atoms with E-state index in [0.29, 0.717) is 4.47 Å². The van der Waals surface area contributed by atoms with Crippen molar-refractivity contribution in [2.75, 3.05) is 0 Å². The van der Waals surface area contributed by atoms with Gasteiger partial charge in [0.25, 0.3) is 0 Å². The molecule has 76 valence electrons. The first-order chi connectivity index (χ1) is 6.49. The zero-order valence-corrected chi connectivity index (χ0v) is 8.66. The molecule has 1 unspecified atom stereocenters. The predicted molar refractivity (Wildman–Crippen MR) is 51.3 cm³/mol. The third-order valence-corrected chi connectivity index (χ3v) is 2.10. The minimum absolute atomic E-state index is 0.249. The van der Waals surface area contributed by atoms with Crippen molar-refractivity contribution >= 4 is 21.9 Å². The van der Waals surface area contributed by atoms with Crippen molar-refractivity contribution in [2.45, 2.75) is 12.5 Å². The number of carbonyl (C=O) groups is 1. The van der Waals surface area contributed by atoms with Crippen LogP contribution in [0.4, 0.5) is 4.39 Å². The van der Waals surface area contributed by atoms with E-state index in [4.69, 9.17) is 5.11 Å². The highest BCUT2D eigenvalue weighted by Crippen LogP contribution is 2.22. The van der Waals surface area contributed by atoms with Crippen LogP contribution in [0.5, 0.6) is 0 Å². The summed E-state index contributed by atoms with van der Waals surface area (Å²) in [6.45, 7) is 0. The highest BCUT2D eigenvalue weighted by molar-refractivity contribution is 9.10. The summed E-state index contributed by atoms with van der Waals surface area (Å²) in [5.41, 5.74) is 0.249. The molecule has 0 aliphatic rings. The van der Waals surface area contributed by atoms with Crippen LogP contribution in [-0.2, 0) is 4.79 Å². The fraction of sp³-hybridized carbons (Fsp3) is 0.222. The van der Waals surface area contributed by atoms with Crippen LogP contribution in [0.25, 0.3) is 0 Å². The molecule has 0 aliphatic heterocycles. The van der Waals surface area contributed by atoms with E-state index in [2.05, 4.69) is 15.9 Å². The molecule has 0 saturated heterocycles. The fourth-order valence-corrected chi connectivity index (χ4v) is 1.53. The standard InChI is InChI=1S/C9H8BrFO3/c10-6-1-5(2-7(11)3-6)8(12)4-9(13)14/h1-3,8,12H,4H2,(H,13,14). The van der Waals surface area contributed by atoms with Crippen LogP contribution in [0.3, 0.4) is 0 Å². The average molecular weight is 263 g/mol. The van der Waals surface area contributed by atoms with Crippen LogP contribution < -0.4 is 0 Å². The maximum atomic E-state index is 12.8. The van der Waals surface area contributed by atoms with Gasteiger partial charge < -0.3 is 10.2 Å². The number of aliphatic hydroxyl groups excluding tert-OH is 1. The van der Waals surface area contributed by atoms with Gasteiger partial charge in [0.05, 0.1) is 12.5 Å². The van der Waals surface area contributed by atoms with E-state index in [9.17, 15) is 14.3 Å². The van der Waals surface area contributed by atoms with Gasteiger partial charge in [-0.1, -0.05) is 15.9 Å². The molecule has 1 aromatic carbocycles. The summed E-state index contributed by atoms with van der Waals surface area (Å²) in [4.78, 5) is 10.3. The van der Waals surface area contributed by atoms with E-state index in [1.165, 1.54) is 12.1 Å². The quantitative estimate of drug-likeness (QED) is 0.877. The van der Waals surface area contributed by atoms with Gasteiger partial charge >= 0.3 is 5.97 Å². The second-order valence-corrected chi connectivity index (χ2v) is 3.73. The molecule has 0 amide bonds. The first-order valence-electron chi connectivity index (χ1n) is 3.85. The molecule has 0 saturated carbocycles. The Morgan fingerprint density at radius 1 is 1.50 bits per heavy atom. The highest BCUT2D eigenvalue weighted by atomic mass is 79.9. The summed E-state index contributed by atoms with van der Waals surface area (Å²) in [6.07, 6.45) is -1.62. The van der Waals surface area contributed by atoms with Gasteiger partial charge in [-0.05, 0) is 23.8 Å². The molecule has 0 radical (unpaired) electrons. The fourth-order valence-electron chi connectivity index (χ4n) is 1.05. The Morgan fingerprint density at radius 3 is 2.64 bits per heavy atom. The molecule has 14 heavy (non-hydrogen) atoms. The van der Waals surface area contributed by atoms with Crippen molar-refractivity contribution < 1.29 is 19.4 Å². The summed E-state index contributed by atoms with van der Waals surface area (Å²) in [5, 5.41) is 17.8. The minimum atomic E-state index is -1.18. The molecular weight excluding hydrogens is 255 g/mol. The van der Waals surface area contributed by atoms with Gasteiger partial charge in [0.15, 0.2) is 0 Å². The van der Waals surface area contributed by atoms with Crippen LogP contribution in [0.2, 0.25) is 0 Å². The molecule has 3 nitrogen and oxygen atoms in total. The van der Waals surface area contributed by atoms with Crippen LogP contribution in [0.15, 0.2) is 22.7 Å². The molecule has 1 rings (SSSR count). The number of halogens is 2. The Balaban J connectivity index is 2.89. The molecule has 1 aromatic rings. The third-order valence-electron chi connectivity index (χ3n) is 1.64. The minimum Gasteiger partial charge on any atom is -0.481 e. The van der Waals surface area contributed by atoms with Gasteiger partial charge in [-0.15, -0.1) is 0 Å². The van der Waals surface area contributed by atoms with Crippen LogP contribution >= 0.6 is 15.9 Å². The number of benzene rings is 1. The lowest BCUT2D eigenvalue weighted by atomic mass is 10.1. The number of hydrogen-bond acceptors (Lipinski definition) is 2. The van der Waals surface area contributed by atoms with Crippen LogP contribution in [0.1, 0.15) is 18.1 Å². The molecule has 2 N–H and O–H groups in total. The number of aliphatic carboxylic acids is 1. The Kier molecular flexibility index (Phi) is 3.60. The molecule has 0 heterocycles. The average Bonchev–Trinajstić information content (AvgIpc) is 2.00. The summed E-state index contributed by atoms with van der Waals surface area (Å²) in [7, 11) is 0. The normalized spacial score (nSPS) is 12.5. The summed E-state index contributed by atoms with van der Waals surface area (Å²) >= 11 is 3.05. The molecule has 1 atom stereocenters. The predicted octanol–water partition coefficient (Wildman–Crippen LogP) is 2.10. The number of hydrogen-bond donors (Lipinski definition) is 2. The van der Waals surface area contributed by atoms with Gasteiger partial charge in [0.2, 0.25) is 0 Å². The highest BCUT2D eigenvalue weighted by Gasteiger charge is 2.13. The Labute approximate surface area is 88.3 Å². The summed E-state index contributed by atoms with van der Waals surface area (Å²) in [6, 6.07) is 3.83. The molecule has 0 bridgehead atoms. The van der Waals surface area contributed by atoms with E-state index in [0.717, 1.165) is 6.07 Å². The molecular formula is C9H8BrFO3. The van der Waals surface area contributed by atoms with Crippen molar-refractivity contribution in [3.05, 3.63) is 34.1 Å². The van der Waals surface area contributed by atoms with Gasteiger partial charge in [-0.2, -0.15) is 0 Å². The lowest BCUT2D eigenvalue weighted by Gasteiger charge is -2.08. The van der Waals surface area contributed by atoms with Crippen LogP contribution in [-0.4, -0.2) is 16.2 Å². The maximum Gasteiger partial charge on any atom is 0.306 e. The van der Waals surface area contributed by atoms with E-state index in [-0.39, 0.29) is 5.56 Å². The topological polar surface area (TPSA) is 57.5 Å². The molecule has 0 fully saturated rings. The second kappa shape index (κ2) is 4.52. The number of carboxylic acid groups (broad SMARTS) is 1. The van der Waals surface area contributed by atoms with Gasteiger partial charge in [-0.25, -0.2) is 4.39 Å². The molecule has 0 spiro atoms. The zero-order valence-electron chi connectivity index (χ0n) is 7.08. The summed E-state index contributed by atoms with van der Waals surface area (Å²) in [5.74, 6) is -1.64. The number of rotatable bonds is 3. The largest absolute Gasteiger partial charge is 0.481 e. The van der Waals surface area contributed by atoms with Gasteiger partial charge in [-0.3, -0.25) is 4.79 Å². The monoisotopic (exact) mass is 262 g/mol. The van der Waals surface area contributed by atoms with E-state index >= 15 is 0 Å².